The molecule has 1 unspecified atom stereocenters. The van der Waals surface area contributed by atoms with Gasteiger partial charge in [0.05, 0.1) is 31.0 Å². The second-order valence-electron chi connectivity index (χ2n) is 3.75. The summed E-state index contributed by atoms with van der Waals surface area (Å²) in [5, 5.41) is 2.93. The van der Waals surface area contributed by atoms with Crippen molar-refractivity contribution in [3.8, 4) is 0 Å². The maximum absolute atomic E-state index is 11.5. The summed E-state index contributed by atoms with van der Waals surface area (Å²) in [6.45, 7) is 0.504. The molecule has 1 aromatic heterocycles. The van der Waals surface area contributed by atoms with Gasteiger partial charge in [0.15, 0.2) is 0 Å². The molecule has 0 bridgehead atoms. The lowest BCUT2D eigenvalue weighted by molar-refractivity contribution is -0.143. The average Bonchev–Trinajstić information content (AvgIpc) is 2.78. The molecule has 17 heavy (non-hydrogen) atoms. The molecule has 5 heteroatoms. The van der Waals surface area contributed by atoms with E-state index in [4.69, 9.17) is 4.74 Å². The van der Waals surface area contributed by atoms with Gasteiger partial charge in [-0.2, -0.15) is 0 Å². The number of likely N-dealkylation sites (N-methyl/N-ethyl adjacent to an activating group) is 1. The number of nitrogens with one attached hydrogen (secondary N) is 1. The molecule has 0 aliphatic rings. The van der Waals surface area contributed by atoms with Crippen LogP contribution in [0.15, 0.2) is 30.6 Å². The van der Waals surface area contributed by atoms with Gasteiger partial charge >= 0.3 is 5.97 Å². The lowest BCUT2D eigenvalue weighted by atomic mass is 10.2. The van der Waals surface area contributed by atoms with Crippen LogP contribution in [0.3, 0.4) is 0 Å². The number of methoxy groups -OCH3 is 1. The van der Waals surface area contributed by atoms with Crippen molar-refractivity contribution in [1.29, 1.82) is 0 Å². The predicted octanol–water partition coefficient (Wildman–Crippen LogP) is 0.797. The summed E-state index contributed by atoms with van der Waals surface area (Å²) >= 11 is 0. The molecule has 0 saturated carbocycles. The van der Waals surface area contributed by atoms with Crippen LogP contribution >= 0.6 is 0 Å². The van der Waals surface area contributed by atoms with Gasteiger partial charge < -0.3 is 14.6 Å². The lowest BCUT2D eigenvalue weighted by Gasteiger charge is -2.14. The smallest absolute Gasteiger partial charge is 0.324 e. The van der Waals surface area contributed by atoms with Gasteiger partial charge in [-0.25, -0.2) is 4.98 Å². The molecule has 0 saturated heterocycles. The molecule has 0 spiro atoms. The Bertz CT molecular complexity index is 521. The van der Waals surface area contributed by atoms with E-state index in [0.717, 1.165) is 11.0 Å². The Balaban J connectivity index is 2.25. The molecular weight excluding hydrogens is 218 g/mol. The highest BCUT2D eigenvalue weighted by molar-refractivity contribution is 5.77. The molecule has 2 rings (SSSR count). The zero-order chi connectivity index (χ0) is 12.3. The van der Waals surface area contributed by atoms with Gasteiger partial charge in [0.1, 0.15) is 6.04 Å². The van der Waals surface area contributed by atoms with Crippen LogP contribution in [0.25, 0.3) is 11.0 Å². The van der Waals surface area contributed by atoms with E-state index >= 15 is 0 Å². The highest BCUT2D eigenvalue weighted by Gasteiger charge is 2.18. The van der Waals surface area contributed by atoms with Crippen LogP contribution in [0.2, 0.25) is 0 Å². The molecule has 0 radical (unpaired) electrons. The molecule has 0 fully saturated rings. The molecule has 0 amide bonds. The minimum Gasteiger partial charge on any atom is -0.468 e. The molecule has 90 valence electrons. The van der Waals surface area contributed by atoms with Crippen LogP contribution in [0.5, 0.6) is 0 Å². The number of carbonyl (C=O) groups is 1. The third-order valence-electron chi connectivity index (χ3n) is 2.74. The topological polar surface area (TPSA) is 56.2 Å². The summed E-state index contributed by atoms with van der Waals surface area (Å²) in [5.74, 6) is -0.273. The Morgan fingerprint density at radius 2 is 2.29 bits per heavy atom. The van der Waals surface area contributed by atoms with E-state index in [1.54, 1.807) is 13.4 Å². The first-order valence-corrected chi connectivity index (χ1v) is 5.41. The first kappa shape index (κ1) is 11.6. The molecule has 1 heterocycles. The SMILES string of the molecule is CNC(Cn1cnc2ccccc21)C(=O)OC. The minimum atomic E-state index is -0.363. The first-order valence-electron chi connectivity index (χ1n) is 5.41. The van der Waals surface area contributed by atoms with Crippen molar-refractivity contribution in [3.63, 3.8) is 0 Å². The number of ether oxygens (including phenoxy) is 1. The Kier molecular flexibility index (Phi) is 3.39. The van der Waals surface area contributed by atoms with E-state index in [-0.39, 0.29) is 12.0 Å². The molecule has 0 aliphatic heterocycles. The summed E-state index contributed by atoms with van der Waals surface area (Å²) in [6, 6.07) is 7.45. The second-order valence-corrected chi connectivity index (χ2v) is 3.75. The molecule has 5 nitrogen and oxygen atoms in total. The van der Waals surface area contributed by atoms with E-state index in [1.165, 1.54) is 7.11 Å². The monoisotopic (exact) mass is 233 g/mol. The van der Waals surface area contributed by atoms with Gasteiger partial charge in [-0.15, -0.1) is 0 Å². The van der Waals surface area contributed by atoms with Crippen LogP contribution in [0, 0.1) is 0 Å². The number of aromatic nitrogens is 2. The first-order chi connectivity index (χ1) is 8.26. The predicted molar refractivity (Wildman–Crippen MR) is 64.6 cm³/mol. The number of hydrogen-bond acceptors (Lipinski definition) is 4. The summed E-state index contributed by atoms with van der Waals surface area (Å²) in [7, 11) is 3.12. The molecule has 2 aromatic rings. The molecule has 0 aliphatic carbocycles. The number of imidazole rings is 1. The standard InChI is InChI=1S/C12H15N3O2/c1-13-10(12(16)17-2)7-15-8-14-9-5-3-4-6-11(9)15/h3-6,8,10,13H,7H2,1-2H3. The number of hydrogen-bond donors (Lipinski definition) is 1. The molecule has 1 N–H and O–H groups in total. The molecule has 1 aromatic carbocycles. The third kappa shape index (κ3) is 2.29. The fraction of sp³-hybridized carbons (Fsp3) is 0.333. The zero-order valence-electron chi connectivity index (χ0n) is 9.88. The highest BCUT2D eigenvalue weighted by Crippen LogP contribution is 2.12. The maximum atomic E-state index is 11.5. The fourth-order valence-electron chi connectivity index (χ4n) is 1.78. The Hall–Kier alpha value is -1.88. The maximum Gasteiger partial charge on any atom is 0.324 e. The number of fused-ring (bicyclic) bond motifs is 1. The summed E-state index contributed by atoms with van der Waals surface area (Å²) in [6.07, 6.45) is 1.73. The number of benzene rings is 1. The summed E-state index contributed by atoms with van der Waals surface area (Å²) in [4.78, 5) is 15.8. The van der Waals surface area contributed by atoms with E-state index < -0.39 is 0 Å². The summed E-state index contributed by atoms with van der Waals surface area (Å²) in [5.41, 5.74) is 1.93. The Labute approximate surface area is 99.4 Å². The van der Waals surface area contributed by atoms with Crippen molar-refractivity contribution in [2.24, 2.45) is 0 Å². The number of rotatable bonds is 4. The largest absolute Gasteiger partial charge is 0.468 e. The van der Waals surface area contributed by atoms with Gasteiger partial charge in [0, 0.05) is 0 Å². The van der Waals surface area contributed by atoms with Crippen LogP contribution in [-0.2, 0) is 16.1 Å². The number of carbonyl (C=O) groups excluding carboxylic acids is 1. The van der Waals surface area contributed by atoms with Crippen molar-refractivity contribution < 1.29 is 9.53 Å². The van der Waals surface area contributed by atoms with Gasteiger partial charge in [-0.1, -0.05) is 12.1 Å². The van der Waals surface area contributed by atoms with Crippen LogP contribution in [0.1, 0.15) is 0 Å². The average molecular weight is 233 g/mol. The second kappa shape index (κ2) is 4.97. The Morgan fingerprint density at radius 1 is 1.53 bits per heavy atom. The fourth-order valence-corrected chi connectivity index (χ4v) is 1.78. The van der Waals surface area contributed by atoms with E-state index in [9.17, 15) is 4.79 Å². The summed E-state index contributed by atoms with van der Waals surface area (Å²) < 4.78 is 6.67. The van der Waals surface area contributed by atoms with Crippen molar-refractivity contribution >= 4 is 17.0 Å². The third-order valence-corrected chi connectivity index (χ3v) is 2.74. The van der Waals surface area contributed by atoms with Crippen molar-refractivity contribution in [1.82, 2.24) is 14.9 Å². The van der Waals surface area contributed by atoms with E-state index in [0.29, 0.717) is 6.54 Å². The van der Waals surface area contributed by atoms with Gasteiger partial charge in [-0.05, 0) is 19.2 Å². The lowest BCUT2D eigenvalue weighted by Crippen LogP contribution is -2.38. The van der Waals surface area contributed by atoms with Crippen molar-refractivity contribution in [2.75, 3.05) is 14.2 Å². The van der Waals surface area contributed by atoms with E-state index in [2.05, 4.69) is 10.3 Å². The van der Waals surface area contributed by atoms with E-state index in [1.807, 2.05) is 28.8 Å². The molecule has 1 atom stereocenters. The number of esters is 1. The quantitative estimate of drug-likeness (QED) is 0.793. The van der Waals surface area contributed by atoms with Crippen LogP contribution < -0.4 is 5.32 Å². The Morgan fingerprint density at radius 3 is 3.00 bits per heavy atom. The van der Waals surface area contributed by atoms with Crippen molar-refractivity contribution in [2.45, 2.75) is 12.6 Å². The van der Waals surface area contributed by atoms with Crippen LogP contribution in [-0.4, -0.2) is 35.7 Å². The highest BCUT2D eigenvalue weighted by atomic mass is 16.5. The van der Waals surface area contributed by atoms with Gasteiger partial charge in [-0.3, -0.25) is 4.79 Å². The van der Waals surface area contributed by atoms with Crippen LogP contribution in [0.4, 0.5) is 0 Å². The number of para-hydroxylation sites is 2. The van der Waals surface area contributed by atoms with Crippen molar-refractivity contribution in [3.05, 3.63) is 30.6 Å². The molecular formula is C12H15N3O2. The minimum absolute atomic E-state index is 0.273. The van der Waals surface area contributed by atoms with Gasteiger partial charge in [0.25, 0.3) is 0 Å². The normalized spacial score (nSPS) is 12.6. The zero-order valence-corrected chi connectivity index (χ0v) is 9.88. The van der Waals surface area contributed by atoms with Gasteiger partial charge in [0.2, 0.25) is 0 Å². The number of nitrogens with zero attached hydrogens (tertiary/aromatic N) is 2.